The van der Waals surface area contributed by atoms with Gasteiger partial charge in [-0.3, -0.25) is 14.2 Å². The van der Waals surface area contributed by atoms with Gasteiger partial charge in [0, 0.05) is 100 Å². The highest BCUT2D eigenvalue weighted by Gasteiger charge is 2.35. The number of alkyl halides is 4. The number of halogens is 4. The van der Waals surface area contributed by atoms with E-state index in [9.17, 15) is 37.4 Å². The standard InChI is InChI=1S/C22H30F2N6O2.C22H29F2N5O2.2C2H6/c1-13-11-26-19(10-16(13)20(23)24)28(3)21-17-12-29(22(32)25-2)9-8-18(17)30(27-21)14-4-6-15(31)7-5-14;1-13-11-25-20(10-17(13)21(23)24)27(3)22-18-12-28(14(2)30)9-8-19(18)29(26-22)15-4-6-16(31)7-5-15;2*1-2/h10-11,14-15,20,31H,4-9,12H2,1-3H3,(H,25,32);10-11,15-16,21,31H,4-9,12H2,1-3H3;2*1-2H3. The van der Waals surface area contributed by atoms with Crippen LogP contribution in [0.1, 0.15) is 156 Å². The minimum absolute atomic E-state index is 0.00115. The number of anilines is 4. The van der Waals surface area contributed by atoms with E-state index in [-0.39, 0.29) is 47.4 Å². The maximum absolute atomic E-state index is 13.5. The molecule has 370 valence electrons. The first kappa shape index (κ1) is 52.7. The van der Waals surface area contributed by atoms with Crippen LogP contribution in [0.2, 0.25) is 0 Å². The number of carbonyl (C=O) groups excluding carboxylic acids is 2. The second-order valence-electron chi connectivity index (χ2n) is 17.2. The Labute approximate surface area is 392 Å². The predicted molar refractivity (Wildman–Crippen MR) is 252 cm³/mol. The number of nitrogens with one attached hydrogen (secondary N) is 1. The summed E-state index contributed by atoms with van der Waals surface area (Å²) in [6.07, 6.45) is 4.84. The molecular weight excluding hydrogens is 871 g/mol. The second-order valence-corrected chi connectivity index (χ2v) is 17.2. The number of hydrogen-bond acceptors (Lipinski definition) is 10. The highest BCUT2D eigenvalue weighted by molar-refractivity contribution is 5.75. The Bertz CT molecular complexity index is 2270. The lowest BCUT2D eigenvalue weighted by Crippen LogP contribution is -2.41. The summed E-state index contributed by atoms with van der Waals surface area (Å²) in [7, 11) is 5.14. The van der Waals surface area contributed by atoms with Crippen LogP contribution in [0, 0.1) is 13.8 Å². The van der Waals surface area contributed by atoms with Crippen molar-refractivity contribution in [1.29, 1.82) is 0 Å². The maximum Gasteiger partial charge on any atom is 0.317 e. The molecule has 4 aromatic rings. The summed E-state index contributed by atoms with van der Waals surface area (Å²) in [5.74, 6) is 2.04. The van der Waals surface area contributed by atoms with Crippen molar-refractivity contribution < 1.29 is 37.4 Å². The first-order valence-electron chi connectivity index (χ1n) is 23.8. The molecule has 0 spiro atoms. The first-order valence-corrected chi connectivity index (χ1v) is 23.8. The molecule has 8 rings (SSSR count). The largest absolute Gasteiger partial charge is 0.393 e. The molecule has 2 fully saturated rings. The summed E-state index contributed by atoms with van der Waals surface area (Å²) in [5.41, 5.74) is 4.79. The van der Waals surface area contributed by atoms with E-state index < -0.39 is 12.9 Å². The van der Waals surface area contributed by atoms with Gasteiger partial charge in [-0.2, -0.15) is 10.2 Å². The van der Waals surface area contributed by atoms with Crippen LogP contribution < -0.4 is 15.1 Å². The van der Waals surface area contributed by atoms with Crippen LogP contribution in [0.4, 0.5) is 45.6 Å². The van der Waals surface area contributed by atoms with Gasteiger partial charge in [-0.1, -0.05) is 27.7 Å². The number of fused-ring (bicyclic) bond motifs is 2. The lowest BCUT2D eigenvalue weighted by Gasteiger charge is -2.30. The highest BCUT2D eigenvalue weighted by atomic mass is 19.3. The first-order chi connectivity index (χ1) is 32.1. The third-order valence-electron chi connectivity index (χ3n) is 13.2. The minimum Gasteiger partial charge on any atom is -0.393 e. The average molecular weight is 942 g/mol. The molecule has 2 aliphatic carbocycles. The van der Waals surface area contributed by atoms with E-state index in [1.165, 1.54) is 24.5 Å². The van der Waals surface area contributed by atoms with Gasteiger partial charge >= 0.3 is 6.03 Å². The Morgan fingerprint density at radius 1 is 0.672 bits per heavy atom. The number of urea groups is 1. The third kappa shape index (κ3) is 11.9. The topological polar surface area (TPSA) is 161 Å². The molecule has 0 atom stereocenters. The van der Waals surface area contributed by atoms with Crippen molar-refractivity contribution in [1.82, 2.24) is 44.6 Å². The number of aryl methyl sites for hydroxylation is 2. The molecular formula is C48H71F4N11O4. The van der Waals surface area contributed by atoms with Gasteiger partial charge in [0.1, 0.15) is 11.6 Å². The minimum atomic E-state index is -2.59. The number of aliphatic hydroxyl groups excluding tert-OH is 2. The molecule has 2 saturated carbocycles. The molecule has 3 amide bonds. The smallest absolute Gasteiger partial charge is 0.317 e. The number of nitrogens with zero attached hydrogens (tertiary/aromatic N) is 10. The number of aromatic nitrogens is 6. The van der Waals surface area contributed by atoms with E-state index in [2.05, 4.69) is 15.3 Å². The van der Waals surface area contributed by atoms with Gasteiger partial charge in [0.15, 0.2) is 11.6 Å². The fourth-order valence-electron chi connectivity index (χ4n) is 9.31. The van der Waals surface area contributed by atoms with Crippen LogP contribution in [-0.4, -0.2) is 108 Å². The predicted octanol–water partition coefficient (Wildman–Crippen LogP) is 9.19. The Balaban J connectivity index is 0.000000234. The molecule has 2 aliphatic heterocycles. The zero-order chi connectivity index (χ0) is 49.3. The normalized spacial score (nSPS) is 20.0. The lowest BCUT2D eigenvalue weighted by atomic mass is 9.92. The van der Waals surface area contributed by atoms with Gasteiger partial charge in [0.2, 0.25) is 5.91 Å². The van der Waals surface area contributed by atoms with E-state index in [4.69, 9.17) is 10.2 Å². The molecule has 3 N–H and O–H groups in total. The summed E-state index contributed by atoms with van der Waals surface area (Å²) < 4.78 is 57.9. The quantitative estimate of drug-likeness (QED) is 0.145. The number of carbonyl (C=O) groups is 2. The van der Waals surface area contributed by atoms with E-state index in [1.807, 2.05) is 37.1 Å². The molecule has 15 nitrogen and oxygen atoms in total. The van der Waals surface area contributed by atoms with E-state index in [0.29, 0.717) is 73.4 Å². The van der Waals surface area contributed by atoms with Crippen LogP contribution in [0.25, 0.3) is 0 Å². The highest BCUT2D eigenvalue weighted by Crippen LogP contribution is 2.40. The van der Waals surface area contributed by atoms with Crippen molar-refractivity contribution in [3.63, 3.8) is 0 Å². The Morgan fingerprint density at radius 3 is 1.40 bits per heavy atom. The summed E-state index contributed by atoms with van der Waals surface area (Å²) in [5, 5.41) is 32.3. The molecule has 6 heterocycles. The van der Waals surface area contributed by atoms with Crippen molar-refractivity contribution >= 4 is 35.2 Å². The summed E-state index contributed by atoms with van der Waals surface area (Å²) in [4.78, 5) is 40.0. The zero-order valence-electron chi connectivity index (χ0n) is 40.9. The van der Waals surface area contributed by atoms with E-state index >= 15 is 0 Å². The molecule has 4 aromatic heterocycles. The van der Waals surface area contributed by atoms with Gasteiger partial charge in [-0.25, -0.2) is 32.3 Å². The van der Waals surface area contributed by atoms with Crippen molar-refractivity contribution in [2.45, 2.75) is 163 Å². The fourth-order valence-corrected chi connectivity index (χ4v) is 9.31. The monoisotopic (exact) mass is 942 g/mol. The van der Waals surface area contributed by atoms with Crippen molar-refractivity contribution in [2.24, 2.45) is 0 Å². The number of aliphatic hydroxyl groups is 2. The van der Waals surface area contributed by atoms with Crippen LogP contribution in [0.3, 0.4) is 0 Å². The maximum atomic E-state index is 13.5. The van der Waals surface area contributed by atoms with Crippen molar-refractivity contribution in [2.75, 3.05) is 44.0 Å². The van der Waals surface area contributed by atoms with Gasteiger partial charge in [0.05, 0.1) is 37.4 Å². The van der Waals surface area contributed by atoms with Crippen molar-refractivity contribution in [3.05, 3.63) is 69.3 Å². The van der Waals surface area contributed by atoms with E-state index in [1.54, 1.807) is 61.5 Å². The van der Waals surface area contributed by atoms with Crippen molar-refractivity contribution in [3.8, 4) is 0 Å². The fraction of sp³-hybridized carbons (Fsp3) is 0.625. The van der Waals surface area contributed by atoms with Crippen LogP contribution >= 0.6 is 0 Å². The third-order valence-corrected chi connectivity index (χ3v) is 13.2. The van der Waals surface area contributed by atoms with Gasteiger partial charge in [-0.05, 0) is 88.5 Å². The molecule has 19 heteroatoms. The molecule has 0 radical (unpaired) electrons. The number of hydrogen-bond donors (Lipinski definition) is 3. The summed E-state index contributed by atoms with van der Waals surface area (Å²) in [6, 6.07) is 3.01. The average Bonchev–Trinajstić information content (AvgIpc) is 3.91. The van der Waals surface area contributed by atoms with Crippen LogP contribution in [0.15, 0.2) is 24.5 Å². The number of pyridine rings is 2. The van der Waals surface area contributed by atoms with E-state index in [0.717, 1.165) is 73.9 Å². The Kier molecular flexibility index (Phi) is 18.6. The number of rotatable bonds is 8. The SMILES string of the molecule is CC.CC.CC(=O)N1CCc2c(c(N(C)c3cc(C(F)F)c(C)cn3)nn2C2CCC(O)CC2)C1.CNC(=O)N1CCc2c(c(N(C)c3cc(C(F)F)c(C)cn3)nn2C2CCC(O)CC2)C1. The molecule has 0 saturated heterocycles. The second kappa shape index (κ2) is 23.6. The molecule has 0 unspecified atom stereocenters. The van der Waals surface area contributed by atoms with Gasteiger partial charge < -0.3 is 35.1 Å². The van der Waals surface area contributed by atoms with Crippen LogP contribution in [-0.2, 0) is 30.7 Å². The Hall–Kier alpha value is -5.30. The zero-order valence-corrected chi connectivity index (χ0v) is 40.9. The Morgan fingerprint density at radius 2 is 1.04 bits per heavy atom. The molecule has 4 aliphatic rings. The lowest BCUT2D eigenvalue weighted by molar-refractivity contribution is -0.129. The molecule has 67 heavy (non-hydrogen) atoms. The summed E-state index contributed by atoms with van der Waals surface area (Å²) in [6.45, 7) is 14.8. The summed E-state index contributed by atoms with van der Waals surface area (Å²) >= 11 is 0. The number of amides is 3. The van der Waals surface area contributed by atoms with Gasteiger partial charge in [-0.15, -0.1) is 0 Å². The molecule has 0 bridgehead atoms. The van der Waals surface area contributed by atoms with Gasteiger partial charge in [0.25, 0.3) is 12.9 Å². The van der Waals surface area contributed by atoms with Crippen LogP contribution in [0.5, 0.6) is 0 Å². The molecule has 0 aromatic carbocycles.